The second-order valence-electron chi connectivity index (χ2n) is 7.23. The molecule has 1 aromatic heterocycles. The molecule has 1 aliphatic carbocycles. The van der Waals surface area contributed by atoms with Crippen LogP contribution in [0.2, 0.25) is 10.0 Å². The van der Waals surface area contributed by atoms with Crippen molar-refractivity contribution in [2.75, 3.05) is 31.1 Å². The molecule has 0 atom stereocenters. The lowest BCUT2D eigenvalue weighted by molar-refractivity contribution is -0.129. The number of rotatable bonds is 3. The zero-order valence-corrected chi connectivity index (χ0v) is 16.8. The lowest BCUT2D eigenvalue weighted by atomic mass is 10.1. The Hall–Kier alpha value is -2.25. The number of pyridine rings is 1. The Morgan fingerprint density at radius 3 is 2.32 bits per heavy atom. The van der Waals surface area contributed by atoms with E-state index in [9.17, 15) is 19.5 Å². The molecule has 2 aromatic rings. The van der Waals surface area contributed by atoms with E-state index in [1.165, 1.54) is 12.3 Å². The predicted molar refractivity (Wildman–Crippen MR) is 108 cm³/mol. The molecule has 1 saturated carbocycles. The zero-order valence-electron chi connectivity index (χ0n) is 15.2. The van der Waals surface area contributed by atoms with E-state index in [2.05, 4.69) is 0 Å². The van der Waals surface area contributed by atoms with E-state index in [0.717, 1.165) is 12.8 Å². The Bertz CT molecular complexity index is 1050. The number of carbonyl (C=O) groups excluding carboxylic acids is 1. The van der Waals surface area contributed by atoms with Gasteiger partial charge in [0, 0.05) is 50.7 Å². The molecule has 2 aliphatic rings. The van der Waals surface area contributed by atoms with Crippen LogP contribution in [0.4, 0.5) is 5.69 Å². The van der Waals surface area contributed by atoms with Crippen LogP contribution < -0.4 is 10.3 Å². The molecule has 28 heavy (non-hydrogen) atoms. The number of carboxylic acids is 1. The third-order valence-corrected chi connectivity index (χ3v) is 6.04. The number of piperazine rings is 1. The molecule has 1 aliphatic heterocycles. The fourth-order valence-corrected chi connectivity index (χ4v) is 4.55. The standard InChI is InChI=1S/C19H19Cl2N3O4/c1-10(25)22-4-6-23(7-5-22)17-14(20)8-12-16(15(17)21)24(11-2-3-11)9-13(18(12)26)19(27)28/h8-9,11H,2-7H2,1H3,(H,27,28). The number of halogens is 2. The van der Waals surface area contributed by atoms with Gasteiger partial charge in [-0.15, -0.1) is 0 Å². The zero-order chi connectivity index (χ0) is 20.2. The minimum Gasteiger partial charge on any atom is -0.477 e. The fraction of sp³-hybridized carbons (Fsp3) is 0.421. The predicted octanol–water partition coefficient (Wildman–Crippen LogP) is 3.01. The first-order valence-corrected chi connectivity index (χ1v) is 9.85. The van der Waals surface area contributed by atoms with Crippen molar-refractivity contribution < 1.29 is 14.7 Å². The minimum atomic E-state index is -1.27. The molecule has 1 N–H and O–H groups in total. The molecule has 2 fully saturated rings. The molecule has 1 aromatic carbocycles. The first-order valence-electron chi connectivity index (χ1n) is 9.10. The van der Waals surface area contributed by atoms with Gasteiger partial charge in [-0.1, -0.05) is 23.2 Å². The van der Waals surface area contributed by atoms with Crippen LogP contribution in [0.25, 0.3) is 10.9 Å². The van der Waals surface area contributed by atoms with E-state index < -0.39 is 11.4 Å². The lowest BCUT2D eigenvalue weighted by Gasteiger charge is -2.36. The summed E-state index contributed by atoms with van der Waals surface area (Å²) in [5, 5.41) is 10.3. The highest BCUT2D eigenvalue weighted by atomic mass is 35.5. The van der Waals surface area contributed by atoms with Crippen LogP contribution in [-0.4, -0.2) is 52.6 Å². The Labute approximate surface area is 171 Å². The number of carboxylic acid groups (broad SMARTS) is 1. The molecule has 148 valence electrons. The van der Waals surface area contributed by atoms with Crippen LogP contribution in [0.15, 0.2) is 17.1 Å². The van der Waals surface area contributed by atoms with Gasteiger partial charge in [0.25, 0.3) is 0 Å². The first kappa shape index (κ1) is 19.1. The maximum Gasteiger partial charge on any atom is 0.341 e. The molecule has 4 rings (SSSR count). The smallest absolute Gasteiger partial charge is 0.341 e. The third-order valence-electron chi connectivity index (χ3n) is 5.40. The average molecular weight is 424 g/mol. The molecule has 9 heteroatoms. The van der Waals surface area contributed by atoms with Crippen molar-refractivity contribution in [1.29, 1.82) is 0 Å². The third kappa shape index (κ3) is 3.12. The van der Waals surface area contributed by atoms with Gasteiger partial charge in [0.05, 0.1) is 21.2 Å². The molecular weight excluding hydrogens is 405 g/mol. The van der Waals surface area contributed by atoms with Gasteiger partial charge in [0.1, 0.15) is 5.56 Å². The summed E-state index contributed by atoms with van der Waals surface area (Å²) in [6, 6.07) is 1.64. The summed E-state index contributed by atoms with van der Waals surface area (Å²) < 4.78 is 1.80. The molecule has 0 radical (unpaired) electrons. The van der Waals surface area contributed by atoms with Crippen LogP contribution in [-0.2, 0) is 4.79 Å². The molecule has 1 saturated heterocycles. The first-order chi connectivity index (χ1) is 13.3. The van der Waals surface area contributed by atoms with E-state index >= 15 is 0 Å². The summed E-state index contributed by atoms with van der Waals surface area (Å²) in [6.45, 7) is 3.82. The Morgan fingerprint density at radius 2 is 1.79 bits per heavy atom. The Morgan fingerprint density at radius 1 is 1.14 bits per heavy atom. The summed E-state index contributed by atoms with van der Waals surface area (Å²) in [7, 11) is 0. The van der Waals surface area contributed by atoms with E-state index in [-0.39, 0.29) is 22.9 Å². The fourth-order valence-electron chi connectivity index (χ4n) is 3.76. The molecule has 2 heterocycles. The van der Waals surface area contributed by atoms with Crippen molar-refractivity contribution >= 4 is 51.7 Å². The van der Waals surface area contributed by atoms with E-state index in [4.69, 9.17) is 23.2 Å². The number of nitrogens with zero attached hydrogens (tertiary/aromatic N) is 3. The molecule has 1 amide bonds. The van der Waals surface area contributed by atoms with Crippen LogP contribution in [0.5, 0.6) is 0 Å². The highest BCUT2D eigenvalue weighted by Gasteiger charge is 2.30. The maximum atomic E-state index is 12.7. The van der Waals surface area contributed by atoms with Crippen molar-refractivity contribution in [3.63, 3.8) is 0 Å². The van der Waals surface area contributed by atoms with Gasteiger partial charge >= 0.3 is 5.97 Å². The van der Waals surface area contributed by atoms with Gasteiger partial charge in [0.15, 0.2) is 0 Å². The van der Waals surface area contributed by atoms with Gasteiger partial charge < -0.3 is 19.5 Å². The maximum absolute atomic E-state index is 12.7. The summed E-state index contributed by atoms with van der Waals surface area (Å²) in [6.07, 6.45) is 3.20. The van der Waals surface area contributed by atoms with Crippen LogP contribution in [0.1, 0.15) is 36.2 Å². The number of hydrogen-bond donors (Lipinski definition) is 1. The van der Waals surface area contributed by atoms with Crippen molar-refractivity contribution in [1.82, 2.24) is 9.47 Å². The largest absolute Gasteiger partial charge is 0.477 e. The summed E-state index contributed by atoms with van der Waals surface area (Å²) in [5.41, 5.74) is 0.272. The highest BCUT2D eigenvalue weighted by Crippen LogP contribution is 2.44. The number of aromatic nitrogens is 1. The van der Waals surface area contributed by atoms with E-state index in [0.29, 0.717) is 47.4 Å². The number of hydrogen-bond acceptors (Lipinski definition) is 4. The van der Waals surface area contributed by atoms with Gasteiger partial charge in [0.2, 0.25) is 11.3 Å². The molecule has 0 spiro atoms. The van der Waals surface area contributed by atoms with Crippen molar-refractivity contribution in [2.24, 2.45) is 0 Å². The SMILES string of the molecule is CC(=O)N1CCN(c2c(Cl)cc3c(=O)c(C(=O)O)cn(C4CC4)c3c2Cl)CC1. The van der Waals surface area contributed by atoms with Gasteiger partial charge in [-0.05, 0) is 18.9 Å². The van der Waals surface area contributed by atoms with E-state index in [1.807, 2.05) is 4.90 Å². The van der Waals surface area contributed by atoms with Crippen LogP contribution in [0.3, 0.4) is 0 Å². The summed E-state index contributed by atoms with van der Waals surface area (Å²) >= 11 is 13.2. The summed E-state index contributed by atoms with van der Waals surface area (Å²) in [4.78, 5) is 39.6. The van der Waals surface area contributed by atoms with Crippen LogP contribution in [0, 0.1) is 0 Å². The molecule has 0 bridgehead atoms. The molecule has 0 unspecified atom stereocenters. The van der Waals surface area contributed by atoms with Gasteiger partial charge in [-0.25, -0.2) is 4.79 Å². The van der Waals surface area contributed by atoms with E-state index in [1.54, 1.807) is 16.4 Å². The van der Waals surface area contributed by atoms with Gasteiger partial charge in [-0.3, -0.25) is 9.59 Å². The molecule has 7 nitrogen and oxygen atoms in total. The van der Waals surface area contributed by atoms with Crippen molar-refractivity contribution in [3.8, 4) is 0 Å². The Kier molecular flexibility index (Phi) is 4.75. The number of aromatic carboxylic acids is 1. The topological polar surface area (TPSA) is 82.8 Å². The number of fused-ring (bicyclic) bond motifs is 1. The number of benzene rings is 1. The average Bonchev–Trinajstić information content (AvgIpc) is 3.47. The normalized spacial score (nSPS) is 17.2. The van der Waals surface area contributed by atoms with Crippen molar-refractivity contribution in [3.05, 3.63) is 38.1 Å². The number of amides is 1. The summed E-state index contributed by atoms with van der Waals surface area (Å²) in [5.74, 6) is -1.24. The van der Waals surface area contributed by atoms with Gasteiger partial charge in [-0.2, -0.15) is 0 Å². The lowest BCUT2D eigenvalue weighted by Crippen LogP contribution is -2.48. The Balaban J connectivity index is 1.87. The second-order valence-corrected chi connectivity index (χ2v) is 8.01. The minimum absolute atomic E-state index is 0.0270. The number of carbonyl (C=O) groups is 2. The quantitative estimate of drug-likeness (QED) is 0.819. The van der Waals surface area contributed by atoms with Crippen molar-refractivity contribution in [2.45, 2.75) is 25.8 Å². The highest BCUT2D eigenvalue weighted by molar-refractivity contribution is 6.42. The molecular formula is C19H19Cl2N3O4. The number of anilines is 1. The monoisotopic (exact) mass is 423 g/mol. The second kappa shape index (κ2) is 6.97. The van der Waals surface area contributed by atoms with Crippen LogP contribution >= 0.6 is 23.2 Å².